The summed E-state index contributed by atoms with van der Waals surface area (Å²) in [4.78, 5) is 8.12. The van der Waals surface area contributed by atoms with Crippen LogP contribution in [0.25, 0.3) is 0 Å². The highest BCUT2D eigenvalue weighted by Gasteiger charge is 2.08. The normalized spacial score (nSPS) is 11.5. The van der Waals surface area contributed by atoms with E-state index >= 15 is 0 Å². The molecule has 0 fully saturated rings. The van der Waals surface area contributed by atoms with E-state index in [-0.39, 0.29) is 0 Å². The number of halogens is 1. The highest BCUT2D eigenvalue weighted by molar-refractivity contribution is 9.11. The molecular formula is C16H23BrN6S. The van der Waals surface area contributed by atoms with Gasteiger partial charge in [-0.05, 0) is 28.1 Å². The van der Waals surface area contributed by atoms with Gasteiger partial charge in [0.25, 0.3) is 0 Å². The summed E-state index contributed by atoms with van der Waals surface area (Å²) in [6.07, 6.45) is 4.47. The maximum atomic E-state index is 4.71. The van der Waals surface area contributed by atoms with Gasteiger partial charge in [-0.15, -0.1) is 28.1 Å². The summed E-state index contributed by atoms with van der Waals surface area (Å²) in [5.41, 5.74) is 0. The van der Waals surface area contributed by atoms with Crippen molar-refractivity contribution >= 4 is 33.2 Å². The number of aliphatic imine (C=N–C) groups is 1. The molecule has 0 saturated carbocycles. The summed E-state index contributed by atoms with van der Waals surface area (Å²) < 4.78 is 3.19. The van der Waals surface area contributed by atoms with Crippen LogP contribution in [0.15, 0.2) is 39.9 Å². The minimum atomic E-state index is 0.670. The SMILES string of the molecule is C=CCNC(=NCCn1cnnc1CC)N(C)Cc1ccc(Br)s1. The molecule has 1 N–H and O–H groups in total. The van der Waals surface area contributed by atoms with Gasteiger partial charge in [0.05, 0.1) is 16.9 Å². The Bertz CT molecular complexity index is 678. The molecule has 0 atom stereocenters. The number of hydrogen-bond acceptors (Lipinski definition) is 4. The minimum Gasteiger partial charge on any atom is -0.353 e. The van der Waals surface area contributed by atoms with Gasteiger partial charge in [-0.25, -0.2) is 0 Å². The fourth-order valence-electron chi connectivity index (χ4n) is 2.22. The highest BCUT2D eigenvalue weighted by atomic mass is 79.9. The number of nitrogens with zero attached hydrogens (tertiary/aromatic N) is 5. The van der Waals surface area contributed by atoms with Crippen LogP contribution in [0.3, 0.4) is 0 Å². The predicted molar refractivity (Wildman–Crippen MR) is 103 cm³/mol. The van der Waals surface area contributed by atoms with E-state index in [1.807, 2.05) is 17.7 Å². The van der Waals surface area contributed by atoms with E-state index < -0.39 is 0 Å². The van der Waals surface area contributed by atoms with Crippen LogP contribution in [0.1, 0.15) is 17.6 Å². The average Bonchev–Trinajstić information content (AvgIpc) is 3.19. The van der Waals surface area contributed by atoms with Crippen molar-refractivity contribution in [2.45, 2.75) is 26.4 Å². The number of thiophene rings is 1. The van der Waals surface area contributed by atoms with Crippen LogP contribution in [0.2, 0.25) is 0 Å². The summed E-state index contributed by atoms with van der Waals surface area (Å²) in [5, 5.41) is 11.4. The Morgan fingerprint density at radius 3 is 3.04 bits per heavy atom. The van der Waals surface area contributed by atoms with Crippen LogP contribution in [0, 0.1) is 0 Å². The second-order valence-corrected chi connectivity index (χ2v) is 7.78. The number of hydrogen-bond donors (Lipinski definition) is 1. The van der Waals surface area contributed by atoms with Gasteiger partial charge in [-0.1, -0.05) is 13.0 Å². The third kappa shape index (κ3) is 5.45. The molecule has 2 aromatic heterocycles. The lowest BCUT2D eigenvalue weighted by molar-refractivity contribution is 0.481. The van der Waals surface area contributed by atoms with Crippen molar-refractivity contribution in [2.24, 2.45) is 4.99 Å². The Morgan fingerprint density at radius 2 is 2.38 bits per heavy atom. The molecule has 0 spiro atoms. The molecule has 0 bridgehead atoms. The van der Waals surface area contributed by atoms with Crippen LogP contribution in [-0.2, 0) is 19.5 Å². The minimum absolute atomic E-state index is 0.670. The van der Waals surface area contributed by atoms with E-state index in [9.17, 15) is 0 Å². The molecular weight excluding hydrogens is 388 g/mol. The fraction of sp³-hybridized carbons (Fsp3) is 0.438. The Kier molecular flexibility index (Phi) is 7.45. The standard InChI is InChI=1S/C16H23BrN6S/c1-4-8-18-16(22(3)11-13-6-7-14(17)24-13)19-9-10-23-12-20-21-15(23)5-2/h4,6-7,12H,1,5,8-11H2,2-3H3,(H,18,19). The van der Waals surface area contributed by atoms with Crippen molar-refractivity contribution in [1.29, 1.82) is 0 Å². The van der Waals surface area contributed by atoms with E-state index in [1.165, 1.54) is 4.88 Å². The maximum absolute atomic E-state index is 4.71. The quantitative estimate of drug-likeness (QED) is 0.412. The molecule has 0 unspecified atom stereocenters. The van der Waals surface area contributed by atoms with Gasteiger partial charge in [0.15, 0.2) is 5.96 Å². The van der Waals surface area contributed by atoms with Crippen LogP contribution in [0.5, 0.6) is 0 Å². The lowest BCUT2D eigenvalue weighted by Crippen LogP contribution is -2.38. The van der Waals surface area contributed by atoms with Gasteiger partial charge in [0, 0.05) is 31.4 Å². The molecule has 0 aromatic carbocycles. The van der Waals surface area contributed by atoms with E-state index in [0.29, 0.717) is 13.1 Å². The Hall–Kier alpha value is -1.67. The molecule has 6 nitrogen and oxygen atoms in total. The summed E-state index contributed by atoms with van der Waals surface area (Å²) in [6, 6.07) is 4.20. The molecule has 0 radical (unpaired) electrons. The number of rotatable bonds is 8. The van der Waals surface area contributed by atoms with Gasteiger partial charge >= 0.3 is 0 Å². The zero-order valence-electron chi connectivity index (χ0n) is 14.1. The molecule has 2 rings (SSSR count). The van der Waals surface area contributed by atoms with Gasteiger partial charge in [-0.3, -0.25) is 4.99 Å². The zero-order valence-corrected chi connectivity index (χ0v) is 16.5. The summed E-state index contributed by atoms with van der Waals surface area (Å²) in [5.74, 6) is 1.85. The first-order valence-electron chi connectivity index (χ1n) is 7.85. The van der Waals surface area contributed by atoms with E-state index in [4.69, 9.17) is 4.99 Å². The van der Waals surface area contributed by atoms with Crippen molar-refractivity contribution < 1.29 is 0 Å². The molecule has 0 aliphatic rings. The largest absolute Gasteiger partial charge is 0.353 e. The molecule has 2 aromatic rings. The number of aryl methyl sites for hydroxylation is 1. The first-order valence-corrected chi connectivity index (χ1v) is 9.46. The number of guanidine groups is 1. The molecule has 8 heteroatoms. The molecule has 24 heavy (non-hydrogen) atoms. The number of aromatic nitrogens is 3. The van der Waals surface area contributed by atoms with Gasteiger partial charge < -0.3 is 14.8 Å². The summed E-state index contributed by atoms with van der Waals surface area (Å²) in [6.45, 7) is 8.78. The maximum Gasteiger partial charge on any atom is 0.194 e. The first-order chi connectivity index (χ1) is 11.6. The average molecular weight is 411 g/mol. The second-order valence-electron chi connectivity index (χ2n) is 5.23. The van der Waals surface area contributed by atoms with Crippen molar-refractivity contribution in [1.82, 2.24) is 25.0 Å². The Balaban J connectivity index is 1.98. The predicted octanol–water partition coefficient (Wildman–Crippen LogP) is 2.93. The smallest absolute Gasteiger partial charge is 0.194 e. The van der Waals surface area contributed by atoms with Gasteiger partial charge in [0.2, 0.25) is 0 Å². The summed E-state index contributed by atoms with van der Waals surface area (Å²) >= 11 is 5.24. The molecule has 0 aliphatic carbocycles. The lowest BCUT2D eigenvalue weighted by atomic mass is 10.4. The van der Waals surface area contributed by atoms with Crippen LogP contribution >= 0.6 is 27.3 Å². The van der Waals surface area contributed by atoms with Crippen molar-refractivity contribution in [3.63, 3.8) is 0 Å². The second kappa shape index (κ2) is 9.58. The van der Waals surface area contributed by atoms with Crippen LogP contribution < -0.4 is 5.32 Å². The first kappa shape index (κ1) is 18.7. The molecule has 0 amide bonds. The van der Waals surface area contributed by atoms with Crippen LogP contribution in [-0.4, -0.2) is 45.8 Å². The monoisotopic (exact) mass is 410 g/mol. The highest BCUT2D eigenvalue weighted by Crippen LogP contribution is 2.22. The van der Waals surface area contributed by atoms with Crippen molar-refractivity contribution in [2.75, 3.05) is 20.1 Å². The van der Waals surface area contributed by atoms with Crippen molar-refractivity contribution in [3.05, 3.63) is 45.6 Å². The molecule has 0 aliphatic heterocycles. The van der Waals surface area contributed by atoms with Gasteiger partial charge in [-0.2, -0.15) is 0 Å². The van der Waals surface area contributed by atoms with Crippen molar-refractivity contribution in [3.8, 4) is 0 Å². The van der Waals surface area contributed by atoms with E-state index in [1.54, 1.807) is 17.7 Å². The third-order valence-electron chi connectivity index (χ3n) is 3.40. The van der Waals surface area contributed by atoms with Gasteiger partial charge in [0.1, 0.15) is 12.2 Å². The number of nitrogens with one attached hydrogen (secondary N) is 1. The molecule has 2 heterocycles. The Morgan fingerprint density at radius 1 is 1.54 bits per heavy atom. The topological polar surface area (TPSA) is 58.3 Å². The van der Waals surface area contributed by atoms with E-state index in [0.717, 1.165) is 35.1 Å². The lowest BCUT2D eigenvalue weighted by Gasteiger charge is -2.21. The fourth-order valence-corrected chi connectivity index (χ4v) is 3.76. The zero-order chi connectivity index (χ0) is 17.4. The van der Waals surface area contributed by atoms with Crippen LogP contribution in [0.4, 0.5) is 0 Å². The summed E-state index contributed by atoms with van der Waals surface area (Å²) in [7, 11) is 2.04. The molecule has 0 saturated heterocycles. The molecule has 130 valence electrons. The third-order valence-corrected chi connectivity index (χ3v) is 5.01. The van der Waals surface area contributed by atoms with E-state index in [2.05, 4.69) is 62.0 Å². The Labute approximate surface area is 155 Å².